The van der Waals surface area contributed by atoms with Gasteiger partial charge in [-0.1, -0.05) is 13.0 Å². The van der Waals surface area contributed by atoms with Crippen LogP contribution >= 0.6 is 0 Å². The molecule has 1 heterocycles. The molecule has 0 aliphatic carbocycles. The lowest BCUT2D eigenvalue weighted by Gasteiger charge is -2.10. The smallest absolute Gasteiger partial charge is 0.326 e. The van der Waals surface area contributed by atoms with E-state index in [0.29, 0.717) is 13.0 Å². The maximum Gasteiger partial charge on any atom is 0.389 e. The molecule has 0 fully saturated rings. The largest absolute Gasteiger partial charge is 0.389 e. The monoisotopic (exact) mass is 246 g/mol. The third-order valence-corrected chi connectivity index (χ3v) is 2.61. The molecule has 0 unspecified atom stereocenters. The van der Waals surface area contributed by atoms with Crippen molar-refractivity contribution in [1.82, 2.24) is 4.98 Å². The summed E-state index contributed by atoms with van der Waals surface area (Å²) in [6.07, 6.45) is -1.97. The molecule has 0 atom stereocenters. The van der Waals surface area contributed by atoms with E-state index in [9.17, 15) is 13.2 Å². The fourth-order valence-corrected chi connectivity index (χ4v) is 1.69. The average molecular weight is 246 g/mol. The first-order valence-electron chi connectivity index (χ1n) is 5.69. The van der Waals surface area contributed by atoms with E-state index < -0.39 is 12.6 Å². The standard InChI is InChI=1S/C12H17F3N2/c1-2-10-6-9(7-16)8-17-11(10)4-3-5-12(13,14)15/h6,8H,2-5,7,16H2,1H3. The molecule has 0 spiro atoms. The van der Waals surface area contributed by atoms with Gasteiger partial charge in [-0.3, -0.25) is 4.98 Å². The molecule has 5 heteroatoms. The van der Waals surface area contributed by atoms with Gasteiger partial charge in [0.25, 0.3) is 0 Å². The highest BCUT2D eigenvalue weighted by atomic mass is 19.4. The van der Waals surface area contributed by atoms with Gasteiger partial charge in [0.2, 0.25) is 0 Å². The molecule has 0 saturated carbocycles. The highest BCUT2D eigenvalue weighted by Crippen LogP contribution is 2.23. The van der Waals surface area contributed by atoms with Crippen LogP contribution in [0.3, 0.4) is 0 Å². The number of halogens is 3. The van der Waals surface area contributed by atoms with Crippen molar-refractivity contribution < 1.29 is 13.2 Å². The zero-order chi connectivity index (χ0) is 12.9. The van der Waals surface area contributed by atoms with Gasteiger partial charge in [0.05, 0.1) is 0 Å². The maximum absolute atomic E-state index is 12.0. The highest BCUT2D eigenvalue weighted by Gasteiger charge is 2.26. The normalized spacial score (nSPS) is 11.8. The third kappa shape index (κ3) is 4.73. The van der Waals surface area contributed by atoms with Crippen LogP contribution in [0.5, 0.6) is 0 Å². The molecule has 1 aromatic heterocycles. The Morgan fingerprint density at radius 1 is 1.35 bits per heavy atom. The van der Waals surface area contributed by atoms with E-state index in [0.717, 1.165) is 23.2 Å². The Morgan fingerprint density at radius 2 is 2.06 bits per heavy atom. The summed E-state index contributed by atoms with van der Waals surface area (Å²) in [5.74, 6) is 0. The molecule has 2 N–H and O–H groups in total. The molecule has 17 heavy (non-hydrogen) atoms. The van der Waals surface area contributed by atoms with Crippen LogP contribution in [0.1, 0.15) is 36.6 Å². The predicted octanol–water partition coefficient (Wildman–Crippen LogP) is 2.99. The van der Waals surface area contributed by atoms with Crippen LogP contribution < -0.4 is 5.73 Å². The Hall–Kier alpha value is -1.10. The van der Waals surface area contributed by atoms with E-state index in [-0.39, 0.29) is 6.42 Å². The number of pyridine rings is 1. The Balaban J connectivity index is 2.64. The summed E-state index contributed by atoms with van der Waals surface area (Å²) >= 11 is 0. The van der Waals surface area contributed by atoms with Crippen LogP contribution in [-0.2, 0) is 19.4 Å². The van der Waals surface area contributed by atoms with Gasteiger partial charge in [-0.2, -0.15) is 13.2 Å². The van der Waals surface area contributed by atoms with E-state index in [4.69, 9.17) is 5.73 Å². The van der Waals surface area contributed by atoms with Crippen LogP contribution in [0.15, 0.2) is 12.3 Å². The molecular formula is C12H17F3N2. The Bertz CT molecular complexity index is 361. The van der Waals surface area contributed by atoms with Crippen molar-refractivity contribution in [3.8, 4) is 0 Å². The van der Waals surface area contributed by atoms with Gasteiger partial charge >= 0.3 is 6.18 Å². The summed E-state index contributed by atoms with van der Waals surface area (Å²) in [6.45, 7) is 2.37. The minimum absolute atomic E-state index is 0.0888. The maximum atomic E-state index is 12.0. The number of aryl methyl sites for hydroxylation is 2. The van der Waals surface area contributed by atoms with Crippen LogP contribution in [0, 0.1) is 0 Å². The molecule has 0 radical (unpaired) electrons. The molecule has 2 nitrogen and oxygen atoms in total. The van der Waals surface area contributed by atoms with Crippen LogP contribution in [-0.4, -0.2) is 11.2 Å². The van der Waals surface area contributed by atoms with Gasteiger partial charge in [0.1, 0.15) is 0 Å². The molecular weight excluding hydrogens is 229 g/mol. The van der Waals surface area contributed by atoms with Gasteiger partial charge in [-0.05, 0) is 30.4 Å². The second-order valence-corrected chi connectivity index (χ2v) is 3.98. The molecule has 1 aromatic rings. The van der Waals surface area contributed by atoms with Gasteiger partial charge in [-0.25, -0.2) is 0 Å². The van der Waals surface area contributed by atoms with Gasteiger partial charge in [0, 0.05) is 24.9 Å². The van der Waals surface area contributed by atoms with Crippen molar-refractivity contribution in [3.05, 3.63) is 29.1 Å². The van der Waals surface area contributed by atoms with Crippen LogP contribution in [0.4, 0.5) is 13.2 Å². The Labute approximate surface area is 99.0 Å². The molecule has 0 saturated heterocycles. The third-order valence-electron chi connectivity index (χ3n) is 2.61. The number of rotatable bonds is 5. The Kier molecular flexibility index (Phi) is 4.93. The van der Waals surface area contributed by atoms with E-state index in [2.05, 4.69) is 4.98 Å². The zero-order valence-electron chi connectivity index (χ0n) is 9.85. The lowest BCUT2D eigenvalue weighted by Crippen LogP contribution is -2.09. The fourth-order valence-electron chi connectivity index (χ4n) is 1.69. The second-order valence-electron chi connectivity index (χ2n) is 3.98. The number of nitrogens with zero attached hydrogens (tertiary/aromatic N) is 1. The van der Waals surface area contributed by atoms with Gasteiger partial charge in [0.15, 0.2) is 0 Å². The van der Waals surface area contributed by atoms with E-state index in [1.54, 1.807) is 6.20 Å². The topological polar surface area (TPSA) is 38.9 Å². The van der Waals surface area contributed by atoms with Crippen molar-refractivity contribution in [1.29, 1.82) is 0 Å². The van der Waals surface area contributed by atoms with Crippen LogP contribution in [0.2, 0.25) is 0 Å². The highest BCUT2D eigenvalue weighted by molar-refractivity contribution is 5.25. The number of alkyl halides is 3. The van der Waals surface area contributed by atoms with Crippen LogP contribution in [0.25, 0.3) is 0 Å². The van der Waals surface area contributed by atoms with Gasteiger partial charge in [-0.15, -0.1) is 0 Å². The lowest BCUT2D eigenvalue weighted by molar-refractivity contribution is -0.135. The summed E-state index contributed by atoms with van der Waals surface area (Å²) in [7, 11) is 0. The first-order chi connectivity index (χ1) is 7.96. The average Bonchev–Trinajstić information content (AvgIpc) is 2.27. The van der Waals surface area contributed by atoms with Gasteiger partial charge < -0.3 is 5.73 Å². The Morgan fingerprint density at radius 3 is 2.59 bits per heavy atom. The number of hydrogen-bond donors (Lipinski definition) is 1. The quantitative estimate of drug-likeness (QED) is 0.867. The van der Waals surface area contributed by atoms with E-state index in [1.807, 2.05) is 13.0 Å². The summed E-state index contributed by atoms with van der Waals surface area (Å²) in [5, 5.41) is 0. The predicted molar refractivity (Wildman–Crippen MR) is 60.5 cm³/mol. The molecule has 0 aliphatic heterocycles. The summed E-state index contributed by atoms with van der Waals surface area (Å²) < 4.78 is 36.1. The summed E-state index contributed by atoms with van der Waals surface area (Å²) in [5.41, 5.74) is 8.16. The van der Waals surface area contributed by atoms with Crippen molar-refractivity contribution in [2.45, 2.75) is 45.3 Å². The summed E-state index contributed by atoms with van der Waals surface area (Å²) in [6, 6.07) is 1.93. The SMILES string of the molecule is CCc1cc(CN)cnc1CCCC(F)(F)F. The molecule has 96 valence electrons. The number of nitrogens with two attached hydrogens (primary N) is 1. The number of aromatic nitrogens is 1. The molecule has 1 rings (SSSR count). The van der Waals surface area contributed by atoms with Crippen molar-refractivity contribution in [3.63, 3.8) is 0 Å². The van der Waals surface area contributed by atoms with Crippen molar-refractivity contribution in [2.24, 2.45) is 5.73 Å². The minimum atomic E-state index is -4.08. The first-order valence-corrected chi connectivity index (χ1v) is 5.69. The zero-order valence-corrected chi connectivity index (χ0v) is 9.85. The fraction of sp³-hybridized carbons (Fsp3) is 0.583. The molecule has 0 amide bonds. The molecule has 0 aliphatic rings. The number of hydrogen-bond acceptors (Lipinski definition) is 2. The van der Waals surface area contributed by atoms with Crippen molar-refractivity contribution >= 4 is 0 Å². The lowest BCUT2D eigenvalue weighted by atomic mass is 10.0. The van der Waals surface area contributed by atoms with E-state index >= 15 is 0 Å². The molecule has 0 aromatic carbocycles. The molecule has 0 bridgehead atoms. The van der Waals surface area contributed by atoms with E-state index in [1.165, 1.54) is 0 Å². The minimum Gasteiger partial charge on any atom is -0.326 e. The summed E-state index contributed by atoms with van der Waals surface area (Å²) in [4.78, 5) is 4.19. The second kappa shape index (κ2) is 6.00. The first kappa shape index (κ1) is 14.0. The van der Waals surface area contributed by atoms with Crippen molar-refractivity contribution in [2.75, 3.05) is 0 Å².